The van der Waals surface area contributed by atoms with Crippen LogP contribution in [0.25, 0.3) is 0 Å². The molecule has 94 valence electrons. The van der Waals surface area contributed by atoms with Crippen LogP contribution in [0.1, 0.15) is 0 Å². The minimum Gasteiger partial charge on any atom is -0.474 e. The number of primary sulfonamides is 1. The fraction of sp³-hybridized carbons (Fsp3) is 0.125. The molecule has 0 saturated heterocycles. The lowest BCUT2D eigenvalue weighted by Gasteiger charge is -2.13. The number of halogens is 2. The molecule has 0 amide bonds. The van der Waals surface area contributed by atoms with Crippen LogP contribution in [0.2, 0.25) is 0 Å². The highest BCUT2D eigenvalue weighted by atomic mass is 32.2. The Morgan fingerprint density at radius 3 is 2.12 bits per heavy atom. The molecule has 0 aliphatic heterocycles. The van der Waals surface area contributed by atoms with E-state index in [1.54, 1.807) is 0 Å². The molecule has 0 aliphatic carbocycles. The summed E-state index contributed by atoms with van der Waals surface area (Å²) < 4.78 is 50.7. The maximum Gasteiger partial charge on any atom is 0.501 e. The fourth-order valence-corrected chi connectivity index (χ4v) is 1.40. The third kappa shape index (κ3) is 3.36. The van der Waals surface area contributed by atoms with Crippen LogP contribution in [0, 0.1) is 0 Å². The number of hydrogen-bond donors (Lipinski definition) is 2. The average molecular weight is 267 g/mol. The molecule has 6 nitrogen and oxygen atoms in total. The Labute approximate surface area is 94.7 Å². The molecule has 1 rings (SSSR count). The second-order valence-electron chi connectivity index (χ2n) is 2.94. The molecule has 0 heterocycles. The normalized spacial score (nSPS) is 12.2. The lowest BCUT2D eigenvalue weighted by Crippen LogP contribution is -2.34. The van der Waals surface area contributed by atoms with Gasteiger partial charge in [0.2, 0.25) is 10.0 Å². The first-order chi connectivity index (χ1) is 7.63. The second kappa shape index (κ2) is 4.26. The van der Waals surface area contributed by atoms with E-state index in [2.05, 4.69) is 4.74 Å². The van der Waals surface area contributed by atoms with E-state index in [4.69, 9.17) is 10.2 Å². The number of rotatable bonds is 4. The Bertz CT molecular complexity index is 525. The quantitative estimate of drug-likeness (QED) is 0.820. The lowest BCUT2D eigenvalue weighted by atomic mass is 10.3. The highest BCUT2D eigenvalue weighted by molar-refractivity contribution is 7.89. The smallest absolute Gasteiger partial charge is 0.474 e. The predicted molar refractivity (Wildman–Crippen MR) is 51.0 cm³/mol. The van der Waals surface area contributed by atoms with E-state index in [1.165, 1.54) is 0 Å². The van der Waals surface area contributed by atoms with Crippen LogP contribution in [0.15, 0.2) is 29.2 Å². The molecule has 0 unspecified atom stereocenters. The molecular weight excluding hydrogens is 260 g/mol. The zero-order valence-corrected chi connectivity index (χ0v) is 8.95. The van der Waals surface area contributed by atoms with Crippen LogP contribution in [-0.4, -0.2) is 25.6 Å². The Morgan fingerprint density at radius 1 is 1.29 bits per heavy atom. The molecule has 0 fully saturated rings. The molecule has 0 bridgehead atoms. The van der Waals surface area contributed by atoms with Crippen molar-refractivity contribution in [2.75, 3.05) is 0 Å². The summed E-state index contributed by atoms with van der Waals surface area (Å²) in [6.45, 7) is 0. The van der Waals surface area contributed by atoms with Gasteiger partial charge in [0, 0.05) is 0 Å². The number of ether oxygens (including phenoxy) is 1. The number of sulfonamides is 1. The van der Waals surface area contributed by atoms with Gasteiger partial charge in [-0.3, -0.25) is 0 Å². The van der Waals surface area contributed by atoms with Crippen LogP contribution in [0.4, 0.5) is 8.78 Å². The first-order valence-electron chi connectivity index (χ1n) is 4.06. The van der Waals surface area contributed by atoms with Gasteiger partial charge in [0.25, 0.3) is 0 Å². The van der Waals surface area contributed by atoms with Crippen molar-refractivity contribution in [3.63, 3.8) is 0 Å². The Kier molecular flexibility index (Phi) is 3.34. The summed E-state index contributed by atoms with van der Waals surface area (Å²) in [5.41, 5.74) is 0. The van der Waals surface area contributed by atoms with Gasteiger partial charge in [0.05, 0.1) is 4.90 Å². The summed E-state index contributed by atoms with van der Waals surface area (Å²) in [5, 5.41) is 12.9. The van der Waals surface area contributed by atoms with Crippen LogP contribution < -0.4 is 9.88 Å². The summed E-state index contributed by atoms with van der Waals surface area (Å²) in [6, 6.07) is 3.58. The van der Waals surface area contributed by atoms with Gasteiger partial charge in [-0.2, -0.15) is 8.78 Å². The summed E-state index contributed by atoms with van der Waals surface area (Å²) in [7, 11) is -3.94. The molecule has 3 N–H and O–H groups in total. The number of carboxylic acid groups (broad SMARTS) is 1. The largest absolute Gasteiger partial charge is 0.501 e. The zero-order chi connectivity index (χ0) is 13.3. The lowest BCUT2D eigenvalue weighted by molar-refractivity contribution is -0.210. The third-order valence-electron chi connectivity index (χ3n) is 1.65. The van der Waals surface area contributed by atoms with E-state index in [0.717, 1.165) is 24.3 Å². The van der Waals surface area contributed by atoms with E-state index in [9.17, 15) is 22.0 Å². The summed E-state index contributed by atoms with van der Waals surface area (Å²) >= 11 is 0. The number of carboxylic acids is 1. The molecule has 0 spiro atoms. The highest BCUT2D eigenvalue weighted by Crippen LogP contribution is 2.22. The molecule has 0 atom stereocenters. The summed E-state index contributed by atoms with van der Waals surface area (Å²) in [4.78, 5) is 9.76. The van der Waals surface area contributed by atoms with E-state index in [0.29, 0.717) is 0 Å². The van der Waals surface area contributed by atoms with Crippen molar-refractivity contribution in [3.05, 3.63) is 24.3 Å². The monoisotopic (exact) mass is 267 g/mol. The van der Waals surface area contributed by atoms with E-state index in [1.807, 2.05) is 0 Å². The van der Waals surface area contributed by atoms with Crippen molar-refractivity contribution in [3.8, 4) is 5.75 Å². The number of carbonyl (C=O) groups is 1. The van der Waals surface area contributed by atoms with Crippen LogP contribution >= 0.6 is 0 Å². The van der Waals surface area contributed by atoms with Crippen molar-refractivity contribution in [2.24, 2.45) is 5.14 Å². The summed E-state index contributed by atoms with van der Waals surface area (Å²) in [5.74, 6) is -2.95. The molecule has 9 heteroatoms. The van der Waals surface area contributed by atoms with E-state index >= 15 is 0 Å². The topological polar surface area (TPSA) is 107 Å². The first-order valence-corrected chi connectivity index (χ1v) is 5.60. The Balaban J connectivity index is 2.94. The SMILES string of the molecule is NS(=O)(=O)c1ccc(OC(F)(F)C(=O)O)cc1. The molecule has 0 saturated carbocycles. The van der Waals surface area contributed by atoms with Gasteiger partial charge < -0.3 is 9.84 Å². The van der Waals surface area contributed by atoms with Crippen molar-refractivity contribution >= 4 is 16.0 Å². The molecule has 0 aromatic heterocycles. The van der Waals surface area contributed by atoms with Gasteiger partial charge >= 0.3 is 12.1 Å². The number of aliphatic carboxylic acids is 1. The molecule has 0 radical (unpaired) electrons. The van der Waals surface area contributed by atoms with E-state index < -0.39 is 27.9 Å². The standard InChI is InChI=1S/C8H7F2NO5S/c9-8(10,7(12)13)16-5-1-3-6(4-2-5)17(11,14)15/h1-4H,(H,12,13)(H2,11,14,15). The van der Waals surface area contributed by atoms with Crippen molar-refractivity contribution in [1.82, 2.24) is 0 Å². The third-order valence-corrected chi connectivity index (χ3v) is 2.58. The van der Waals surface area contributed by atoms with Gasteiger partial charge in [-0.1, -0.05) is 0 Å². The average Bonchev–Trinajstić information content (AvgIpc) is 2.16. The molecule has 1 aromatic carbocycles. The van der Waals surface area contributed by atoms with Gasteiger partial charge in [-0.25, -0.2) is 18.4 Å². The Hall–Kier alpha value is -1.74. The maximum atomic E-state index is 12.6. The summed E-state index contributed by atoms with van der Waals surface area (Å²) in [6.07, 6.45) is -4.39. The minimum atomic E-state index is -4.39. The van der Waals surface area contributed by atoms with Crippen LogP contribution in [-0.2, 0) is 14.8 Å². The van der Waals surface area contributed by atoms with Crippen molar-refractivity contribution in [1.29, 1.82) is 0 Å². The first kappa shape index (κ1) is 13.3. The van der Waals surface area contributed by atoms with Crippen molar-refractivity contribution < 1.29 is 31.8 Å². The maximum absolute atomic E-state index is 12.6. The number of benzene rings is 1. The molecule has 0 aliphatic rings. The van der Waals surface area contributed by atoms with Crippen molar-refractivity contribution in [2.45, 2.75) is 11.0 Å². The second-order valence-corrected chi connectivity index (χ2v) is 4.50. The van der Waals surface area contributed by atoms with E-state index in [-0.39, 0.29) is 4.90 Å². The molecule has 17 heavy (non-hydrogen) atoms. The highest BCUT2D eigenvalue weighted by Gasteiger charge is 2.42. The van der Waals surface area contributed by atoms with Crippen LogP contribution in [0.3, 0.4) is 0 Å². The molecular formula is C8H7F2NO5S. The Morgan fingerprint density at radius 2 is 1.76 bits per heavy atom. The molecule has 1 aromatic rings. The number of nitrogens with two attached hydrogens (primary N) is 1. The fourth-order valence-electron chi connectivity index (χ4n) is 0.889. The number of hydrogen-bond acceptors (Lipinski definition) is 4. The van der Waals surface area contributed by atoms with Gasteiger partial charge in [-0.15, -0.1) is 0 Å². The van der Waals surface area contributed by atoms with Gasteiger partial charge in [-0.05, 0) is 24.3 Å². The zero-order valence-electron chi connectivity index (χ0n) is 8.13. The minimum absolute atomic E-state index is 0.302. The number of alkyl halides is 2. The predicted octanol–water partition coefficient (Wildman–Crippen LogP) is 0.390. The van der Waals surface area contributed by atoms with Crippen LogP contribution in [0.5, 0.6) is 5.75 Å². The van der Waals surface area contributed by atoms with Gasteiger partial charge in [0.1, 0.15) is 5.75 Å². The van der Waals surface area contributed by atoms with Gasteiger partial charge in [0.15, 0.2) is 0 Å².